The summed E-state index contributed by atoms with van der Waals surface area (Å²) in [6.45, 7) is 0. The molecule has 0 heterocycles. The zero-order valence-electron chi connectivity index (χ0n) is 11.2. The van der Waals surface area contributed by atoms with E-state index in [-0.39, 0.29) is 36.0 Å². The topological polar surface area (TPSA) is 55.1 Å². The van der Waals surface area contributed by atoms with Crippen LogP contribution < -0.4 is 11.1 Å². The first-order valence-electron chi connectivity index (χ1n) is 6.70. The van der Waals surface area contributed by atoms with Gasteiger partial charge >= 0.3 is 6.18 Å². The van der Waals surface area contributed by atoms with Crippen molar-refractivity contribution in [3.05, 3.63) is 28.8 Å². The largest absolute Gasteiger partial charge is 0.398 e. The van der Waals surface area contributed by atoms with Crippen molar-refractivity contribution in [1.29, 1.82) is 0 Å². The van der Waals surface area contributed by atoms with Crippen LogP contribution in [0.3, 0.4) is 0 Å². The van der Waals surface area contributed by atoms with E-state index in [1.165, 1.54) is 12.1 Å². The van der Waals surface area contributed by atoms with Crippen molar-refractivity contribution in [1.82, 2.24) is 5.32 Å². The van der Waals surface area contributed by atoms with Crippen LogP contribution in [-0.2, 0) is 0 Å². The summed E-state index contributed by atoms with van der Waals surface area (Å²) in [5.74, 6) is -1.63. The molecule has 3 nitrogen and oxygen atoms in total. The molecule has 21 heavy (non-hydrogen) atoms. The molecular formula is C14H16ClF3N2O. The Morgan fingerprint density at radius 2 is 1.86 bits per heavy atom. The van der Waals surface area contributed by atoms with Gasteiger partial charge < -0.3 is 11.1 Å². The summed E-state index contributed by atoms with van der Waals surface area (Å²) in [6.07, 6.45) is -3.41. The van der Waals surface area contributed by atoms with Crippen LogP contribution in [-0.4, -0.2) is 18.1 Å². The highest BCUT2D eigenvalue weighted by Gasteiger charge is 2.41. The lowest BCUT2D eigenvalue weighted by molar-refractivity contribution is -0.182. The van der Waals surface area contributed by atoms with Crippen LogP contribution in [0, 0.1) is 5.92 Å². The Morgan fingerprint density at radius 3 is 2.38 bits per heavy atom. The fraction of sp³-hybridized carbons (Fsp3) is 0.500. The number of anilines is 1. The third-order valence-electron chi connectivity index (χ3n) is 3.78. The van der Waals surface area contributed by atoms with Crippen LogP contribution in [0.2, 0.25) is 5.02 Å². The number of rotatable bonds is 2. The molecule has 1 aliphatic carbocycles. The van der Waals surface area contributed by atoms with Gasteiger partial charge in [0.2, 0.25) is 0 Å². The van der Waals surface area contributed by atoms with Gasteiger partial charge in [-0.05, 0) is 43.9 Å². The van der Waals surface area contributed by atoms with Crippen LogP contribution in [0.4, 0.5) is 18.9 Å². The molecular weight excluding hydrogens is 305 g/mol. The van der Waals surface area contributed by atoms with Gasteiger partial charge in [0, 0.05) is 16.8 Å². The average molecular weight is 321 g/mol. The van der Waals surface area contributed by atoms with Crippen molar-refractivity contribution in [2.75, 3.05) is 5.73 Å². The lowest BCUT2D eigenvalue weighted by atomic mass is 9.85. The minimum Gasteiger partial charge on any atom is -0.398 e. The highest BCUT2D eigenvalue weighted by Crippen LogP contribution is 2.37. The second kappa shape index (κ2) is 6.13. The Morgan fingerprint density at radius 1 is 1.24 bits per heavy atom. The summed E-state index contributed by atoms with van der Waals surface area (Å²) in [4.78, 5) is 12.1. The maximum Gasteiger partial charge on any atom is 0.391 e. The number of nitrogen functional groups attached to an aromatic ring is 1. The van der Waals surface area contributed by atoms with E-state index >= 15 is 0 Å². The predicted octanol–water partition coefficient (Wildman–Crippen LogP) is 3.77. The van der Waals surface area contributed by atoms with Gasteiger partial charge in [-0.1, -0.05) is 11.6 Å². The summed E-state index contributed by atoms with van der Waals surface area (Å²) in [5, 5.41) is 3.16. The zero-order chi connectivity index (χ0) is 15.6. The Balaban J connectivity index is 1.93. The van der Waals surface area contributed by atoms with E-state index in [0.717, 1.165) is 0 Å². The number of amides is 1. The van der Waals surface area contributed by atoms with Crippen LogP contribution in [0.15, 0.2) is 18.2 Å². The summed E-state index contributed by atoms with van der Waals surface area (Å²) in [5.41, 5.74) is 6.26. The van der Waals surface area contributed by atoms with Gasteiger partial charge in [0.1, 0.15) is 0 Å². The number of hydrogen-bond donors (Lipinski definition) is 2. The summed E-state index contributed by atoms with van der Waals surface area (Å²) >= 11 is 5.75. The molecule has 0 saturated heterocycles. The highest BCUT2D eigenvalue weighted by atomic mass is 35.5. The maximum atomic E-state index is 12.6. The molecule has 0 aromatic heterocycles. The SMILES string of the molecule is Nc1cc(Cl)ccc1C(=O)NC1CCC(C(F)(F)F)CC1. The van der Waals surface area contributed by atoms with Crippen molar-refractivity contribution in [3.63, 3.8) is 0 Å². The average Bonchev–Trinajstić information content (AvgIpc) is 2.38. The predicted molar refractivity (Wildman–Crippen MR) is 75.1 cm³/mol. The first kappa shape index (κ1) is 15.9. The summed E-state index contributed by atoms with van der Waals surface area (Å²) in [6, 6.07) is 4.28. The smallest absolute Gasteiger partial charge is 0.391 e. The monoisotopic (exact) mass is 320 g/mol. The Kier molecular flexibility index (Phi) is 4.66. The van der Waals surface area contributed by atoms with E-state index in [1.54, 1.807) is 6.07 Å². The van der Waals surface area contributed by atoms with Gasteiger partial charge in [0.05, 0.1) is 11.5 Å². The number of halogens is 4. The van der Waals surface area contributed by atoms with Crippen LogP contribution in [0.1, 0.15) is 36.0 Å². The molecule has 116 valence electrons. The van der Waals surface area contributed by atoms with Gasteiger partial charge in [0.15, 0.2) is 0 Å². The molecule has 0 radical (unpaired) electrons. The van der Waals surface area contributed by atoms with Gasteiger partial charge in [-0.15, -0.1) is 0 Å². The number of hydrogen-bond acceptors (Lipinski definition) is 2. The normalized spacial score (nSPS) is 22.9. The lowest BCUT2D eigenvalue weighted by Crippen LogP contribution is -2.40. The molecule has 1 amide bonds. The molecule has 0 aliphatic heterocycles. The highest BCUT2D eigenvalue weighted by molar-refractivity contribution is 6.31. The fourth-order valence-electron chi connectivity index (χ4n) is 2.57. The molecule has 1 fully saturated rings. The molecule has 1 saturated carbocycles. The first-order chi connectivity index (χ1) is 9.77. The number of carbonyl (C=O) groups excluding carboxylic acids is 1. The van der Waals surface area contributed by atoms with Crippen molar-refractivity contribution < 1.29 is 18.0 Å². The van der Waals surface area contributed by atoms with Crippen molar-refractivity contribution in [3.8, 4) is 0 Å². The zero-order valence-corrected chi connectivity index (χ0v) is 12.0. The van der Waals surface area contributed by atoms with Gasteiger partial charge in [-0.25, -0.2) is 0 Å². The second-order valence-corrected chi connectivity index (χ2v) is 5.73. The summed E-state index contributed by atoms with van der Waals surface area (Å²) < 4.78 is 37.7. The Bertz CT molecular complexity index is 525. The van der Waals surface area contributed by atoms with Crippen LogP contribution in [0.25, 0.3) is 0 Å². The minimum absolute atomic E-state index is 0.0462. The van der Waals surface area contributed by atoms with Crippen LogP contribution >= 0.6 is 11.6 Å². The number of benzene rings is 1. The maximum absolute atomic E-state index is 12.6. The van der Waals surface area contributed by atoms with Crippen LogP contribution in [0.5, 0.6) is 0 Å². The molecule has 1 aromatic rings. The van der Waals surface area contributed by atoms with E-state index < -0.39 is 12.1 Å². The molecule has 0 bridgehead atoms. The molecule has 3 N–H and O–H groups in total. The van der Waals surface area contributed by atoms with E-state index in [9.17, 15) is 18.0 Å². The molecule has 2 rings (SSSR count). The van der Waals surface area contributed by atoms with Crippen molar-refractivity contribution in [2.45, 2.75) is 37.9 Å². The number of alkyl halides is 3. The van der Waals surface area contributed by atoms with E-state index in [0.29, 0.717) is 17.9 Å². The number of nitrogens with two attached hydrogens (primary N) is 1. The molecule has 0 unspecified atom stereocenters. The van der Waals surface area contributed by atoms with E-state index in [2.05, 4.69) is 5.32 Å². The van der Waals surface area contributed by atoms with Gasteiger partial charge in [-0.2, -0.15) is 13.2 Å². The quantitative estimate of drug-likeness (QED) is 0.815. The minimum atomic E-state index is -4.14. The van der Waals surface area contributed by atoms with E-state index in [4.69, 9.17) is 17.3 Å². The number of carbonyl (C=O) groups is 1. The summed E-state index contributed by atoms with van der Waals surface area (Å²) in [7, 11) is 0. The Hall–Kier alpha value is -1.43. The fourth-order valence-corrected chi connectivity index (χ4v) is 2.75. The van der Waals surface area contributed by atoms with Gasteiger partial charge in [0.25, 0.3) is 5.91 Å². The first-order valence-corrected chi connectivity index (χ1v) is 7.08. The lowest BCUT2D eigenvalue weighted by Gasteiger charge is -2.30. The van der Waals surface area contributed by atoms with Crippen molar-refractivity contribution in [2.24, 2.45) is 5.92 Å². The molecule has 0 atom stereocenters. The third-order valence-corrected chi connectivity index (χ3v) is 4.02. The Labute approximate surface area is 125 Å². The standard InChI is InChI=1S/C14H16ClF3N2O/c15-9-3-6-11(12(19)7-9)13(21)20-10-4-1-8(2-5-10)14(16,17)18/h3,6-8,10H,1-2,4-5,19H2,(H,20,21). The van der Waals surface area contributed by atoms with Crippen molar-refractivity contribution >= 4 is 23.2 Å². The molecule has 1 aromatic carbocycles. The third kappa shape index (κ3) is 4.03. The molecule has 1 aliphatic rings. The van der Waals surface area contributed by atoms with E-state index in [1.807, 2.05) is 0 Å². The molecule has 0 spiro atoms. The van der Waals surface area contributed by atoms with Gasteiger partial charge in [-0.3, -0.25) is 4.79 Å². The number of nitrogens with one attached hydrogen (secondary N) is 1. The molecule has 7 heteroatoms. The second-order valence-electron chi connectivity index (χ2n) is 5.30.